The van der Waals surface area contributed by atoms with Crippen LogP contribution in [0.1, 0.15) is 12.0 Å². The number of phenols is 1. The molecular weight excluding hydrogens is 380 g/mol. The van der Waals surface area contributed by atoms with E-state index < -0.39 is 10.0 Å². The molecule has 1 saturated heterocycles. The Morgan fingerprint density at radius 1 is 1.32 bits per heavy atom. The zero-order valence-corrected chi connectivity index (χ0v) is 16.2. The number of aromatic hydroxyl groups is 1. The van der Waals surface area contributed by atoms with Crippen LogP contribution in [0.15, 0.2) is 47.4 Å². The quantitative estimate of drug-likeness (QED) is 0.606. The molecule has 1 aliphatic heterocycles. The van der Waals surface area contributed by atoms with Crippen molar-refractivity contribution in [3.63, 3.8) is 0 Å². The van der Waals surface area contributed by atoms with Crippen molar-refractivity contribution >= 4 is 15.7 Å². The first-order valence-corrected chi connectivity index (χ1v) is 10.3. The lowest BCUT2D eigenvalue weighted by atomic mass is 10.2. The second-order valence-corrected chi connectivity index (χ2v) is 8.22. The summed E-state index contributed by atoms with van der Waals surface area (Å²) in [5.74, 6) is 0.412. The van der Waals surface area contributed by atoms with E-state index in [4.69, 9.17) is 10.00 Å². The average molecular weight is 402 g/mol. The molecule has 2 aromatic carbocycles. The van der Waals surface area contributed by atoms with Crippen molar-refractivity contribution in [1.82, 2.24) is 9.62 Å². The Morgan fingerprint density at radius 3 is 2.82 bits per heavy atom. The first kappa shape index (κ1) is 19.8. The van der Waals surface area contributed by atoms with Crippen molar-refractivity contribution in [3.05, 3.63) is 48.0 Å². The van der Waals surface area contributed by atoms with Crippen LogP contribution in [0.2, 0.25) is 0 Å². The second-order valence-electron chi connectivity index (χ2n) is 6.54. The zero-order chi connectivity index (χ0) is 20.1. The summed E-state index contributed by atoms with van der Waals surface area (Å²) in [6.07, 6.45) is 2.61. The average Bonchev–Trinajstić information content (AvgIpc) is 3.13. The minimum absolute atomic E-state index is 0.0336. The van der Waals surface area contributed by atoms with E-state index in [-0.39, 0.29) is 22.4 Å². The van der Waals surface area contributed by atoms with Crippen LogP contribution >= 0.6 is 0 Å². The summed E-state index contributed by atoms with van der Waals surface area (Å²) in [5.41, 5.74) is 1.47. The maximum Gasteiger partial charge on any atom is 0.244 e. The second kappa shape index (κ2) is 8.37. The van der Waals surface area contributed by atoms with E-state index in [1.54, 1.807) is 30.3 Å². The minimum Gasteiger partial charge on any atom is -0.508 e. The predicted octanol–water partition coefficient (Wildman–Crippen LogP) is 1.85. The molecule has 0 spiro atoms. The molecule has 9 heteroatoms. The van der Waals surface area contributed by atoms with Crippen LogP contribution in [0.4, 0.5) is 5.69 Å². The molecule has 0 aromatic heterocycles. The number of benzene rings is 2. The molecule has 0 unspecified atom stereocenters. The number of hydrogen-bond acceptors (Lipinski definition) is 7. The van der Waals surface area contributed by atoms with Crippen LogP contribution < -0.4 is 14.8 Å². The monoisotopic (exact) mass is 402 g/mol. The van der Waals surface area contributed by atoms with Crippen molar-refractivity contribution in [2.75, 3.05) is 25.5 Å². The van der Waals surface area contributed by atoms with E-state index >= 15 is 0 Å². The topological polar surface area (TPSA) is 115 Å². The van der Waals surface area contributed by atoms with Gasteiger partial charge in [0.05, 0.1) is 7.11 Å². The Hall–Kier alpha value is -2.96. The van der Waals surface area contributed by atoms with Crippen LogP contribution in [0.3, 0.4) is 0 Å². The molecule has 1 atom stereocenters. The first-order chi connectivity index (χ1) is 13.4. The Balaban J connectivity index is 1.77. The molecule has 1 fully saturated rings. The van der Waals surface area contributed by atoms with E-state index in [1.165, 1.54) is 18.1 Å². The van der Waals surface area contributed by atoms with Gasteiger partial charge in [-0.3, -0.25) is 0 Å². The number of methoxy groups -OCH3 is 1. The van der Waals surface area contributed by atoms with Gasteiger partial charge in [-0.1, -0.05) is 12.1 Å². The molecule has 1 heterocycles. The predicted molar refractivity (Wildman–Crippen MR) is 104 cm³/mol. The van der Waals surface area contributed by atoms with Crippen molar-refractivity contribution in [3.8, 4) is 17.7 Å². The summed E-state index contributed by atoms with van der Waals surface area (Å²) in [7, 11) is -2.40. The van der Waals surface area contributed by atoms with Gasteiger partial charge in [0.25, 0.3) is 0 Å². The van der Waals surface area contributed by atoms with E-state index in [0.717, 1.165) is 5.56 Å². The van der Waals surface area contributed by atoms with Gasteiger partial charge in [-0.2, -0.15) is 5.26 Å². The lowest BCUT2D eigenvalue weighted by Crippen LogP contribution is -2.36. The summed E-state index contributed by atoms with van der Waals surface area (Å²) >= 11 is 0. The van der Waals surface area contributed by atoms with Crippen LogP contribution in [0.5, 0.6) is 11.5 Å². The highest BCUT2D eigenvalue weighted by molar-refractivity contribution is 7.89. The smallest absolute Gasteiger partial charge is 0.244 e. The van der Waals surface area contributed by atoms with Crippen molar-refractivity contribution in [2.45, 2.75) is 23.9 Å². The number of anilines is 1. The highest BCUT2D eigenvalue weighted by Crippen LogP contribution is 2.28. The van der Waals surface area contributed by atoms with E-state index in [9.17, 15) is 13.5 Å². The molecule has 3 N–H and O–H groups in total. The van der Waals surface area contributed by atoms with E-state index in [0.29, 0.717) is 31.7 Å². The third kappa shape index (κ3) is 4.65. The molecule has 1 aliphatic rings. The number of nitriles is 1. The van der Waals surface area contributed by atoms with Gasteiger partial charge in [0.1, 0.15) is 16.4 Å². The summed E-state index contributed by atoms with van der Waals surface area (Å²) in [6, 6.07) is 11.3. The zero-order valence-electron chi connectivity index (χ0n) is 15.4. The molecule has 0 saturated carbocycles. The van der Waals surface area contributed by atoms with Gasteiger partial charge in [0, 0.05) is 31.4 Å². The Labute approximate surface area is 164 Å². The van der Waals surface area contributed by atoms with Crippen LogP contribution in [0.25, 0.3) is 0 Å². The van der Waals surface area contributed by atoms with E-state index in [2.05, 4.69) is 10.0 Å². The van der Waals surface area contributed by atoms with Gasteiger partial charge in [-0.25, -0.2) is 13.1 Å². The molecule has 0 amide bonds. The first-order valence-electron chi connectivity index (χ1n) is 8.78. The molecule has 148 valence electrons. The SMILES string of the molecule is COc1ccc(NCc2cccc(O)c2)cc1S(=O)(=O)N[C@@H]1CCN(C#N)C1. The molecule has 3 rings (SSSR count). The molecule has 8 nitrogen and oxygen atoms in total. The largest absolute Gasteiger partial charge is 0.508 e. The van der Waals surface area contributed by atoms with Gasteiger partial charge < -0.3 is 20.1 Å². The van der Waals surface area contributed by atoms with Crippen molar-refractivity contribution in [2.24, 2.45) is 0 Å². The minimum atomic E-state index is -3.82. The highest BCUT2D eigenvalue weighted by atomic mass is 32.2. The molecule has 2 aromatic rings. The Morgan fingerprint density at radius 2 is 2.14 bits per heavy atom. The Kier molecular flexibility index (Phi) is 5.92. The van der Waals surface area contributed by atoms with Gasteiger partial charge in [-0.15, -0.1) is 0 Å². The van der Waals surface area contributed by atoms with Gasteiger partial charge in [0.15, 0.2) is 6.19 Å². The highest BCUT2D eigenvalue weighted by Gasteiger charge is 2.28. The molecule has 0 radical (unpaired) electrons. The number of ether oxygens (including phenoxy) is 1. The van der Waals surface area contributed by atoms with Crippen LogP contribution in [0, 0.1) is 11.5 Å². The molecule has 0 bridgehead atoms. The van der Waals surface area contributed by atoms with Crippen molar-refractivity contribution < 1.29 is 18.3 Å². The maximum absolute atomic E-state index is 12.9. The number of hydrogen-bond donors (Lipinski definition) is 3. The molecule has 0 aliphatic carbocycles. The number of phenolic OH excluding ortho intramolecular Hbond substituents is 1. The summed E-state index contributed by atoms with van der Waals surface area (Å²) in [4.78, 5) is 1.56. The standard InChI is InChI=1S/C19H22N4O4S/c1-27-18-6-5-15(21-11-14-3-2-4-17(24)9-14)10-19(18)28(25,26)22-16-7-8-23(12-16)13-20/h2-6,9-10,16,21-22,24H,7-8,11-12H2,1H3/t16-/m1/s1. The lowest BCUT2D eigenvalue weighted by Gasteiger charge is -2.16. The summed E-state index contributed by atoms with van der Waals surface area (Å²) in [5, 5.41) is 21.6. The Bertz CT molecular complexity index is 988. The molecular formula is C19H22N4O4S. The fourth-order valence-electron chi connectivity index (χ4n) is 3.10. The van der Waals surface area contributed by atoms with E-state index in [1.807, 2.05) is 12.3 Å². The summed E-state index contributed by atoms with van der Waals surface area (Å²) < 4.78 is 33.6. The fourth-order valence-corrected chi connectivity index (χ4v) is 4.55. The fraction of sp³-hybridized carbons (Fsp3) is 0.316. The maximum atomic E-state index is 12.9. The third-order valence-electron chi connectivity index (χ3n) is 4.51. The number of rotatable bonds is 7. The van der Waals surface area contributed by atoms with Gasteiger partial charge in [-0.05, 0) is 42.3 Å². The summed E-state index contributed by atoms with van der Waals surface area (Å²) in [6.45, 7) is 1.31. The third-order valence-corrected chi connectivity index (χ3v) is 6.05. The molecule has 28 heavy (non-hydrogen) atoms. The number of nitrogens with zero attached hydrogens (tertiary/aromatic N) is 2. The van der Waals surface area contributed by atoms with Gasteiger partial charge in [0.2, 0.25) is 10.0 Å². The van der Waals surface area contributed by atoms with Crippen LogP contribution in [-0.4, -0.2) is 44.7 Å². The number of likely N-dealkylation sites (tertiary alicyclic amines) is 1. The lowest BCUT2D eigenvalue weighted by molar-refractivity contribution is 0.402. The number of sulfonamides is 1. The number of nitrogens with one attached hydrogen (secondary N) is 2. The van der Waals surface area contributed by atoms with Gasteiger partial charge >= 0.3 is 0 Å². The normalized spacial score (nSPS) is 16.6. The van der Waals surface area contributed by atoms with Crippen LogP contribution in [-0.2, 0) is 16.6 Å². The van der Waals surface area contributed by atoms with Crippen molar-refractivity contribution in [1.29, 1.82) is 5.26 Å².